The molecule has 6 nitrogen and oxygen atoms in total. The Morgan fingerprint density at radius 1 is 1.33 bits per heavy atom. The topological polar surface area (TPSA) is 70.7 Å². The van der Waals surface area contributed by atoms with Crippen LogP contribution in [0.2, 0.25) is 0 Å². The molecule has 1 aliphatic heterocycles. The Hall–Kier alpha value is -0.261. The molecule has 2 N–H and O–H groups in total. The van der Waals surface area contributed by atoms with E-state index in [1.807, 2.05) is 32.0 Å². The molecule has 1 heterocycles. The maximum Gasteiger partial charge on any atom is 2.00 e. The molecule has 1 aromatic carbocycles. The molecule has 1 saturated heterocycles. The number of carbonyl (C=O) groups is 2. The fourth-order valence-corrected chi connectivity index (χ4v) is 3.35. The number of hydrogen-bond acceptors (Lipinski definition) is 8. The summed E-state index contributed by atoms with van der Waals surface area (Å²) in [6.07, 6.45) is 0.509. The number of anilines is 1. The molecular formula is C18H23ClMnN3O3S4-. The van der Waals surface area contributed by atoms with Gasteiger partial charge in [-0.25, -0.2) is 9.50 Å². The van der Waals surface area contributed by atoms with Crippen molar-refractivity contribution in [2.75, 3.05) is 30.5 Å². The molecule has 0 bridgehead atoms. The van der Waals surface area contributed by atoms with E-state index in [0.29, 0.717) is 30.4 Å². The number of hydrogen-bond donors (Lipinski definition) is 2. The number of nitrogens with zero attached hydrogens (tertiary/aromatic N) is 1. The maximum absolute atomic E-state index is 12.1. The molecule has 1 radical (unpaired) electrons. The summed E-state index contributed by atoms with van der Waals surface area (Å²) in [5, 5.41) is 5.65. The van der Waals surface area contributed by atoms with Crippen molar-refractivity contribution in [2.45, 2.75) is 31.0 Å². The molecule has 12 heteroatoms. The molecule has 30 heavy (non-hydrogen) atoms. The standard InChI is InChI=1S/C14H16ClNO3.C4H10N2S4.Mn/c1-9-4-3-5-10(2)13(9)16(12(17)8-15)11-6-7-19-14(11)18;7-3(8)5-1-2-6-4(9)10;/h3-5,11H,6-8H2,1-2H3;3,5,7-8H,1-2H2,(H2,6,9,10);/q;;+2/p-3. The summed E-state index contributed by atoms with van der Waals surface area (Å²) in [4.78, 5) is 25.4. The summed E-state index contributed by atoms with van der Waals surface area (Å²) in [6, 6.07) is 5.18. The number of esters is 1. The Balaban J connectivity index is 0.000000658. The molecule has 1 atom stereocenters. The number of aryl methyl sites for hydroxylation is 2. The Morgan fingerprint density at radius 3 is 2.37 bits per heavy atom. The van der Waals surface area contributed by atoms with Crippen LogP contribution in [0.15, 0.2) is 18.2 Å². The van der Waals surface area contributed by atoms with Crippen molar-refractivity contribution < 1.29 is 31.4 Å². The van der Waals surface area contributed by atoms with Gasteiger partial charge < -0.3 is 65.5 Å². The zero-order valence-corrected chi connectivity index (χ0v) is 21.7. The van der Waals surface area contributed by atoms with E-state index in [2.05, 4.69) is 60.7 Å². The first-order chi connectivity index (χ1) is 13.7. The largest absolute Gasteiger partial charge is 2.00 e. The van der Waals surface area contributed by atoms with Gasteiger partial charge in [0.25, 0.3) is 0 Å². The molecule has 2 rings (SSSR count). The first kappa shape index (κ1) is 29.7. The van der Waals surface area contributed by atoms with Crippen LogP contribution in [0.25, 0.3) is 0 Å². The normalized spacial score (nSPS) is 14.9. The van der Waals surface area contributed by atoms with Crippen LogP contribution in [0.5, 0.6) is 0 Å². The molecule has 0 saturated carbocycles. The minimum atomic E-state index is -0.564. The number of amides is 1. The molecule has 1 fully saturated rings. The Bertz CT molecular complexity index is 708. The van der Waals surface area contributed by atoms with Gasteiger partial charge in [-0.05, 0) is 25.0 Å². The fourth-order valence-electron chi connectivity index (χ4n) is 2.78. The van der Waals surface area contributed by atoms with E-state index in [9.17, 15) is 9.59 Å². The van der Waals surface area contributed by atoms with Crippen molar-refractivity contribution in [3.8, 4) is 0 Å². The van der Waals surface area contributed by atoms with Crippen molar-refractivity contribution in [1.29, 1.82) is 0 Å². The minimum Gasteiger partial charge on any atom is -0.800 e. The first-order valence-electron chi connectivity index (χ1n) is 8.79. The van der Waals surface area contributed by atoms with Crippen LogP contribution in [0.1, 0.15) is 17.5 Å². The molecule has 0 aliphatic carbocycles. The summed E-state index contributed by atoms with van der Waals surface area (Å²) in [5.74, 6) is -0.790. The molecule has 1 unspecified atom stereocenters. The number of rotatable bonds is 7. The van der Waals surface area contributed by atoms with Crippen LogP contribution in [0, 0.1) is 13.8 Å². The van der Waals surface area contributed by atoms with Gasteiger partial charge in [0.05, 0.1) is 12.3 Å². The zero-order valence-electron chi connectivity index (χ0n) is 16.5. The molecule has 1 amide bonds. The van der Waals surface area contributed by atoms with E-state index in [0.717, 1.165) is 16.8 Å². The summed E-state index contributed by atoms with van der Waals surface area (Å²) >= 11 is 24.2. The van der Waals surface area contributed by atoms with Crippen molar-refractivity contribution in [3.63, 3.8) is 0 Å². The van der Waals surface area contributed by atoms with Crippen LogP contribution in [0.3, 0.4) is 0 Å². The second kappa shape index (κ2) is 15.5. The first-order valence-corrected chi connectivity index (χ1v) is 11.1. The van der Waals surface area contributed by atoms with Crippen LogP contribution >= 0.6 is 23.8 Å². The molecule has 0 spiro atoms. The number of cyclic esters (lactones) is 1. The Morgan fingerprint density at radius 2 is 1.93 bits per heavy atom. The maximum atomic E-state index is 12.1. The summed E-state index contributed by atoms with van der Waals surface area (Å²) in [5.41, 5.74) is 2.65. The number of benzene rings is 1. The van der Waals surface area contributed by atoms with Gasteiger partial charge >= 0.3 is 23.0 Å². The van der Waals surface area contributed by atoms with Crippen LogP contribution in [0.4, 0.5) is 5.69 Å². The van der Waals surface area contributed by atoms with E-state index in [1.165, 1.54) is 4.90 Å². The van der Waals surface area contributed by atoms with E-state index in [1.54, 1.807) is 0 Å². The number of para-hydroxylation sites is 1. The average Bonchev–Trinajstić information content (AvgIpc) is 3.07. The number of ether oxygens (including phenoxy) is 1. The van der Waals surface area contributed by atoms with Gasteiger partial charge in [-0.3, -0.25) is 9.69 Å². The van der Waals surface area contributed by atoms with Gasteiger partial charge in [0.1, 0.15) is 11.9 Å². The van der Waals surface area contributed by atoms with Crippen LogP contribution in [-0.2, 0) is 69.3 Å². The Labute approximate surface area is 215 Å². The number of halogens is 1. The number of carbonyl (C=O) groups excluding carboxylic acids is 2. The van der Waals surface area contributed by atoms with Crippen LogP contribution in [-0.4, -0.2) is 52.5 Å². The third-order valence-corrected chi connectivity index (χ3v) is 4.84. The third kappa shape index (κ3) is 9.91. The number of alkyl halides is 1. The second-order valence-corrected chi connectivity index (χ2v) is 8.69. The van der Waals surface area contributed by atoms with Gasteiger partial charge in [-0.1, -0.05) is 22.5 Å². The smallest absolute Gasteiger partial charge is 0.800 e. The molecule has 1 aromatic rings. The van der Waals surface area contributed by atoms with Gasteiger partial charge in [0.15, 0.2) is 0 Å². The van der Waals surface area contributed by atoms with Gasteiger partial charge in [-0.15, -0.1) is 11.6 Å². The van der Waals surface area contributed by atoms with Crippen molar-refractivity contribution in [1.82, 2.24) is 10.6 Å². The van der Waals surface area contributed by atoms with Gasteiger partial charge in [-0.2, -0.15) is 0 Å². The fraction of sp³-hybridized carbons (Fsp3) is 0.500. The van der Waals surface area contributed by atoms with E-state index in [4.69, 9.17) is 16.3 Å². The van der Waals surface area contributed by atoms with Crippen molar-refractivity contribution >= 4 is 83.6 Å². The summed E-state index contributed by atoms with van der Waals surface area (Å²) in [6.45, 7) is 5.56. The SMILES string of the molecule is Cc1cccc(C)c1N(C(=O)CCl)C1CCOC1=O.S=C([S-])NCCNC([S-])[S-].[Mn+2]. The number of thiocarbonyl (C=S) groups is 1. The summed E-state index contributed by atoms with van der Waals surface area (Å²) in [7, 11) is 0. The van der Waals surface area contributed by atoms with Gasteiger partial charge in [0.2, 0.25) is 5.91 Å². The predicted molar refractivity (Wildman–Crippen MR) is 128 cm³/mol. The van der Waals surface area contributed by atoms with E-state index >= 15 is 0 Å². The minimum absolute atomic E-state index is 0. The van der Waals surface area contributed by atoms with Crippen molar-refractivity contribution in [3.05, 3.63) is 29.3 Å². The van der Waals surface area contributed by atoms with E-state index in [-0.39, 0.29) is 39.5 Å². The third-order valence-electron chi connectivity index (χ3n) is 3.99. The zero-order chi connectivity index (χ0) is 22.0. The molecular weight excluding hydrogens is 525 g/mol. The quantitative estimate of drug-likeness (QED) is 0.132. The number of nitrogens with one attached hydrogen (secondary N) is 2. The predicted octanol–water partition coefficient (Wildman–Crippen LogP) is 1.56. The van der Waals surface area contributed by atoms with Crippen LogP contribution < -0.4 is 15.5 Å². The second-order valence-electron chi connectivity index (χ2n) is 6.11. The molecule has 167 valence electrons. The summed E-state index contributed by atoms with van der Waals surface area (Å²) < 4.78 is 5.04. The van der Waals surface area contributed by atoms with Gasteiger partial charge in [0, 0.05) is 19.5 Å². The van der Waals surface area contributed by atoms with Crippen molar-refractivity contribution in [2.24, 2.45) is 0 Å². The average molecular weight is 548 g/mol. The Kier molecular flexibility index (Phi) is 15.4. The molecule has 1 aliphatic rings. The monoisotopic (exact) mass is 547 g/mol. The molecule has 0 aromatic heterocycles. The van der Waals surface area contributed by atoms with E-state index < -0.39 is 6.04 Å².